The molecule has 1 aromatic rings. The summed E-state index contributed by atoms with van der Waals surface area (Å²) in [7, 11) is 0. The van der Waals surface area contributed by atoms with E-state index in [9.17, 15) is 9.59 Å². The number of amides is 2. The average Bonchev–Trinajstić information content (AvgIpc) is 2.76. The highest BCUT2D eigenvalue weighted by Crippen LogP contribution is 2.09. The molecule has 0 saturated heterocycles. The summed E-state index contributed by atoms with van der Waals surface area (Å²) in [6.07, 6.45) is 0. The first-order valence-electron chi connectivity index (χ1n) is 6.15. The molecular weight excluding hydrogens is 266 g/mol. The highest BCUT2D eigenvalue weighted by atomic mass is 32.2. The van der Waals surface area contributed by atoms with Crippen LogP contribution in [-0.4, -0.2) is 46.5 Å². The summed E-state index contributed by atoms with van der Waals surface area (Å²) in [6.45, 7) is 7.01. The van der Waals surface area contributed by atoms with E-state index < -0.39 is 0 Å². The third-order valence-electron chi connectivity index (χ3n) is 2.47. The molecule has 2 amide bonds. The van der Waals surface area contributed by atoms with Gasteiger partial charge >= 0.3 is 0 Å². The van der Waals surface area contributed by atoms with Crippen molar-refractivity contribution in [3.05, 3.63) is 11.8 Å². The van der Waals surface area contributed by atoms with Gasteiger partial charge in [0.2, 0.25) is 11.8 Å². The first-order chi connectivity index (χ1) is 9.06. The van der Waals surface area contributed by atoms with Crippen LogP contribution in [0.4, 0.5) is 5.82 Å². The Balaban J connectivity index is 2.25. The zero-order chi connectivity index (χ0) is 14.3. The number of carbonyl (C=O) groups excluding carboxylic acids is 2. The molecule has 0 bridgehead atoms. The Kier molecular flexibility index (Phi) is 6.41. The van der Waals surface area contributed by atoms with Gasteiger partial charge in [0.15, 0.2) is 5.82 Å². The molecule has 1 heterocycles. The summed E-state index contributed by atoms with van der Waals surface area (Å²) in [6, 6.07) is 1.64. The van der Waals surface area contributed by atoms with Crippen LogP contribution in [0.1, 0.15) is 19.6 Å². The summed E-state index contributed by atoms with van der Waals surface area (Å²) < 4.78 is 4.84. The van der Waals surface area contributed by atoms with Crippen molar-refractivity contribution in [3.8, 4) is 0 Å². The van der Waals surface area contributed by atoms with E-state index in [2.05, 4.69) is 10.5 Å². The Hall–Kier alpha value is -1.50. The predicted octanol–water partition coefficient (Wildman–Crippen LogP) is 1.52. The number of hydrogen-bond acceptors (Lipinski definition) is 5. The molecule has 19 heavy (non-hydrogen) atoms. The number of nitrogens with zero attached hydrogens (tertiary/aromatic N) is 2. The van der Waals surface area contributed by atoms with Crippen LogP contribution in [0.3, 0.4) is 0 Å². The van der Waals surface area contributed by atoms with Crippen LogP contribution in [0.5, 0.6) is 0 Å². The van der Waals surface area contributed by atoms with E-state index in [-0.39, 0.29) is 17.6 Å². The number of rotatable bonds is 7. The van der Waals surface area contributed by atoms with Crippen molar-refractivity contribution in [1.29, 1.82) is 0 Å². The van der Waals surface area contributed by atoms with Crippen LogP contribution in [0, 0.1) is 6.92 Å². The van der Waals surface area contributed by atoms with Crippen molar-refractivity contribution in [2.45, 2.75) is 20.8 Å². The van der Waals surface area contributed by atoms with Crippen molar-refractivity contribution in [3.63, 3.8) is 0 Å². The van der Waals surface area contributed by atoms with Crippen molar-refractivity contribution in [2.24, 2.45) is 0 Å². The standard InChI is InChI=1S/C12H19N3O3S/c1-4-15(5-2)12(17)8-19-7-11(16)13-10-6-9(3)18-14-10/h6H,4-5,7-8H2,1-3H3,(H,13,14,16). The largest absolute Gasteiger partial charge is 0.360 e. The van der Waals surface area contributed by atoms with Crippen LogP contribution in [0.25, 0.3) is 0 Å². The molecule has 0 aliphatic heterocycles. The first kappa shape index (κ1) is 15.6. The number of carbonyl (C=O) groups is 2. The van der Waals surface area contributed by atoms with Crippen LogP contribution < -0.4 is 5.32 Å². The van der Waals surface area contributed by atoms with E-state index >= 15 is 0 Å². The topological polar surface area (TPSA) is 75.4 Å². The third-order valence-corrected chi connectivity index (χ3v) is 3.39. The summed E-state index contributed by atoms with van der Waals surface area (Å²) in [5, 5.41) is 6.27. The molecule has 0 unspecified atom stereocenters. The van der Waals surface area contributed by atoms with Gasteiger partial charge in [0.1, 0.15) is 5.76 Å². The molecular formula is C12H19N3O3S. The minimum absolute atomic E-state index is 0.0556. The van der Waals surface area contributed by atoms with Gasteiger partial charge in [-0.05, 0) is 20.8 Å². The second-order valence-corrected chi connectivity index (χ2v) is 4.92. The third kappa shape index (κ3) is 5.34. The highest BCUT2D eigenvalue weighted by Gasteiger charge is 2.11. The lowest BCUT2D eigenvalue weighted by atomic mass is 10.5. The van der Waals surface area contributed by atoms with E-state index in [1.54, 1.807) is 17.9 Å². The Bertz CT molecular complexity index is 430. The molecule has 6 nitrogen and oxygen atoms in total. The second-order valence-electron chi connectivity index (χ2n) is 3.93. The van der Waals surface area contributed by atoms with E-state index in [0.29, 0.717) is 30.4 Å². The maximum atomic E-state index is 11.7. The van der Waals surface area contributed by atoms with Gasteiger partial charge in [-0.2, -0.15) is 0 Å². The fourth-order valence-corrected chi connectivity index (χ4v) is 2.22. The fraction of sp³-hybridized carbons (Fsp3) is 0.583. The van der Waals surface area contributed by atoms with E-state index in [1.165, 1.54) is 11.8 Å². The number of thioether (sulfide) groups is 1. The van der Waals surface area contributed by atoms with Crippen LogP contribution >= 0.6 is 11.8 Å². The van der Waals surface area contributed by atoms with Gasteiger partial charge in [-0.1, -0.05) is 5.16 Å². The summed E-state index contributed by atoms with van der Waals surface area (Å²) in [4.78, 5) is 25.0. The number of nitrogens with one attached hydrogen (secondary N) is 1. The Labute approximate surface area is 116 Å². The van der Waals surface area contributed by atoms with Crippen molar-refractivity contribution >= 4 is 29.4 Å². The van der Waals surface area contributed by atoms with Gasteiger partial charge in [-0.25, -0.2) is 0 Å². The average molecular weight is 285 g/mol. The van der Waals surface area contributed by atoms with Crippen molar-refractivity contribution in [2.75, 3.05) is 29.9 Å². The summed E-state index contributed by atoms with van der Waals surface area (Å²) in [5.74, 6) is 1.44. The molecule has 0 aliphatic rings. The molecule has 0 spiro atoms. The van der Waals surface area contributed by atoms with E-state index in [0.717, 1.165) is 0 Å². The predicted molar refractivity (Wildman–Crippen MR) is 75.1 cm³/mol. The SMILES string of the molecule is CCN(CC)C(=O)CSCC(=O)Nc1cc(C)on1. The number of anilines is 1. The zero-order valence-electron chi connectivity index (χ0n) is 11.4. The van der Waals surface area contributed by atoms with Gasteiger partial charge in [0.05, 0.1) is 11.5 Å². The quantitative estimate of drug-likeness (QED) is 0.822. The molecule has 0 aromatic carbocycles. The molecule has 0 atom stereocenters. The fourth-order valence-electron chi connectivity index (χ4n) is 1.50. The normalized spacial score (nSPS) is 10.3. The molecule has 106 valence electrons. The smallest absolute Gasteiger partial charge is 0.235 e. The van der Waals surface area contributed by atoms with Crippen LogP contribution in [0.15, 0.2) is 10.6 Å². The zero-order valence-corrected chi connectivity index (χ0v) is 12.2. The second kappa shape index (κ2) is 7.83. The lowest BCUT2D eigenvalue weighted by Crippen LogP contribution is -2.32. The monoisotopic (exact) mass is 285 g/mol. The maximum Gasteiger partial charge on any atom is 0.235 e. The van der Waals surface area contributed by atoms with Gasteiger partial charge in [0.25, 0.3) is 0 Å². The number of hydrogen-bond donors (Lipinski definition) is 1. The van der Waals surface area contributed by atoms with Crippen LogP contribution in [0.2, 0.25) is 0 Å². The molecule has 1 aromatic heterocycles. The van der Waals surface area contributed by atoms with E-state index in [4.69, 9.17) is 4.52 Å². The molecule has 0 aliphatic carbocycles. The van der Waals surface area contributed by atoms with Crippen LogP contribution in [-0.2, 0) is 9.59 Å². The van der Waals surface area contributed by atoms with Crippen molar-refractivity contribution < 1.29 is 14.1 Å². The number of aryl methyl sites for hydroxylation is 1. The lowest BCUT2D eigenvalue weighted by molar-refractivity contribution is -0.127. The Morgan fingerprint density at radius 2 is 2.05 bits per heavy atom. The lowest BCUT2D eigenvalue weighted by Gasteiger charge is -2.17. The molecule has 0 radical (unpaired) electrons. The molecule has 0 fully saturated rings. The molecule has 1 rings (SSSR count). The Morgan fingerprint density at radius 3 is 2.58 bits per heavy atom. The van der Waals surface area contributed by atoms with E-state index in [1.807, 2.05) is 13.8 Å². The number of aromatic nitrogens is 1. The molecule has 1 N–H and O–H groups in total. The summed E-state index contributed by atoms with van der Waals surface area (Å²) in [5.41, 5.74) is 0. The first-order valence-corrected chi connectivity index (χ1v) is 7.31. The minimum atomic E-state index is -0.189. The molecule has 0 saturated carbocycles. The highest BCUT2D eigenvalue weighted by molar-refractivity contribution is 8.00. The van der Waals surface area contributed by atoms with Gasteiger partial charge < -0.3 is 14.7 Å². The maximum absolute atomic E-state index is 11.7. The van der Waals surface area contributed by atoms with Gasteiger partial charge in [-0.3, -0.25) is 9.59 Å². The van der Waals surface area contributed by atoms with Gasteiger partial charge in [-0.15, -0.1) is 11.8 Å². The Morgan fingerprint density at radius 1 is 1.37 bits per heavy atom. The van der Waals surface area contributed by atoms with Crippen molar-refractivity contribution in [1.82, 2.24) is 10.1 Å². The summed E-state index contributed by atoms with van der Waals surface area (Å²) >= 11 is 1.29. The minimum Gasteiger partial charge on any atom is -0.360 e. The van der Waals surface area contributed by atoms with Gasteiger partial charge in [0, 0.05) is 19.2 Å². The molecule has 7 heteroatoms.